The van der Waals surface area contributed by atoms with Gasteiger partial charge in [-0.25, -0.2) is 4.39 Å². The quantitative estimate of drug-likeness (QED) is 0.609. The van der Waals surface area contributed by atoms with Gasteiger partial charge in [0.25, 0.3) is 5.69 Å². The zero-order chi connectivity index (χ0) is 12.8. The van der Waals surface area contributed by atoms with Crippen LogP contribution in [0.2, 0.25) is 0 Å². The van der Waals surface area contributed by atoms with Crippen LogP contribution >= 0.6 is 0 Å². The normalized spacial score (nSPS) is 12.2. The minimum atomic E-state index is -0.581. The average molecular weight is 240 g/mol. The number of nitrogens with zero attached hydrogens (tertiary/aromatic N) is 1. The Kier molecular flexibility index (Phi) is 4.87. The van der Waals surface area contributed by atoms with Gasteiger partial charge in [0.2, 0.25) is 0 Å². The number of unbranched alkanes of at least 4 members (excludes halogenated alkanes) is 1. The van der Waals surface area contributed by atoms with Crippen molar-refractivity contribution < 1.29 is 9.31 Å². The lowest BCUT2D eigenvalue weighted by molar-refractivity contribution is -0.384. The number of nitro groups is 1. The number of halogens is 1. The van der Waals surface area contributed by atoms with Gasteiger partial charge in [-0.3, -0.25) is 10.1 Å². The van der Waals surface area contributed by atoms with E-state index in [9.17, 15) is 14.5 Å². The van der Waals surface area contributed by atoms with Crippen LogP contribution in [0.4, 0.5) is 15.8 Å². The summed E-state index contributed by atoms with van der Waals surface area (Å²) in [5.74, 6) is -0.581. The molecule has 0 spiro atoms. The number of hydrogen-bond acceptors (Lipinski definition) is 3. The van der Waals surface area contributed by atoms with Gasteiger partial charge < -0.3 is 5.32 Å². The Morgan fingerprint density at radius 3 is 2.82 bits per heavy atom. The molecule has 1 unspecified atom stereocenters. The highest BCUT2D eigenvalue weighted by atomic mass is 19.1. The lowest BCUT2D eigenvalue weighted by atomic mass is 10.1. The van der Waals surface area contributed by atoms with Gasteiger partial charge in [-0.05, 0) is 19.4 Å². The highest BCUT2D eigenvalue weighted by Crippen LogP contribution is 2.28. The van der Waals surface area contributed by atoms with Crippen LogP contribution in [0, 0.1) is 15.9 Å². The van der Waals surface area contributed by atoms with E-state index >= 15 is 0 Å². The molecule has 0 aliphatic carbocycles. The van der Waals surface area contributed by atoms with Crippen molar-refractivity contribution in [1.29, 1.82) is 0 Å². The second-order valence-corrected chi connectivity index (χ2v) is 4.08. The molecule has 1 aromatic rings. The third-order valence-electron chi connectivity index (χ3n) is 2.57. The molecule has 4 nitrogen and oxygen atoms in total. The first-order valence-corrected chi connectivity index (χ1v) is 5.75. The number of para-hydroxylation sites is 1. The molecular weight excluding hydrogens is 223 g/mol. The smallest absolute Gasteiger partial charge is 0.295 e. The van der Waals surface area contributed by atoms with Crippen LogP contribution in [0.15, 0.2) is 18.2 Å². The average Bonchev–Trinajstić information content (AvgIpc) is 2.28. The molecule has 1 atom stereocenters. The van der Waals surface area contributed by atoms with Crippen LogP contribution in [-0.4, -0.2) is 11.0 Å². The van der Waals surface area contributed by atoms with Crippen molar-refractivity contribution in [3.05, 3.63) is 34.1 Å². The fourth-order valence-electron chi connectivity index (χ4n) is 1.64. The molecule has 0 aliphatic rings. The first-order valence-electron chi connectivity index (χ1n) is 5.75. The maximum absolute atomic E-state index is 13.5. The van der Waals surface area contributed by atoms with Crippen molar-refractivity contribution in [3.63, 3.8) is 0 Å². The van der Waals surface area contributed by atoms with Gasteiger partial charge in [-0.15, -0.1) is 0 Å². The minimum Gasteiger partial charge on any atom is -0.375 e. The summed E-state index contributed by atoms with van der Waals surface area (Å²) < 4.78 is 13.5. The van der Waals surface area contributed by atoms with Crippen LogP contribution in [0.3, 0.4) is 0 Å². The molecule has 0 amide bonds. The van der Waals surface area contributed by atoms with Gasteiger partial charge in [0.05, 0.1) is 4.92 Å². The molecule has 0 saturated heterocycles. The fraction of sp³-hybridized carbons (Fsp3) is 0.500. The molecular formula is C12H17FN2O2. The standard InChI is InChI=1S/C12H17FN2O2/c1-3-4-6-9(2)14-12-10(13)7-5-8-11(12)15(16)17/h5,7-9,14H,3-4,6H2,1-2H3. The Balaban J connectivity index is 2.85. The largest absolute Gasteiger partial charge is 0.375 e. The molecule has 1 rings (SSSR count). The summed E-state index contributed by atoms with van der Waals surface area (Å²) in [4.78, 5) is 10.2. The van der Waals surface area contributed by atoms with Gasteiger partial charge in [-0.2, -0.15) is 0 Å². The Hall–Kier alpha value is -1.65. The van der Waals surface area contributed by atoms with Crippen LogP contribution in [0.25, 0.3) is 0 Å². The maximum Gasteiger partial charge on any atom is 0.295 e. The lowest BCUT2D eigenvalue weighted by Gasteiger charge is -2.15. The highest BCUT2D eigenvalue weighted by Gasteiger charge is 2.18. The molecule has 0 radical (unpaired) electrons. The molecule has 17 heavy (non-hydrogen) atoms. The monoisotopic (exact) mass is 240 g/mol. The summed E-state index contributed by atoms with van der Waals surface area (Å²) in [7, 11) is 0. The van der Waals surface area contributed by atoms with Gasteiger partial charge in [0.15, 0.2) is 5.82 Å². The molecule has 1 aromatic carbocycles. The first kappa shape index (κ1) is 13.4. The van der Waals surface area contributed by atoms with Crippen LogP contribution in [0.5, 0.6) is 0 Å². The van der Waals surface area contributed by atoms with E-state index < -0.39 is 10.7 Å². The van der Waals surface area contributed by atoms with Crippen molar-refractivity contribution in [2.75, 3.05) is 5.32 Å². The van der Waals surface area contributed by atoms with Crippen LogP contribution < -0.4 is 5.32 Å². The number of anilines is 1. The van der Waals surface area contributed by atoms with Gasteiger partial charge in [0.1, 0.15) is 5.69 Å². The van der Waals surface area contributed by atoms with E-state index in [1.54, 1.807) is 0 Å². The Labute approximate surface area is 100.0 Å². The van der Waals surface area contributed by atoms with E-state index in [-0.39, 0.29) is 17.4 Å². The molecule has 0 bridgehead atoms. The van der Waals surface area contributed by atoms with Crippen molar-refractivity contribution >= 4 is 11.4 Å². The summed E-state index contributed by atoms with van der Waals surface area (Å²) in [6, 6.07) is 3.89. The Morgan fingerprint density at radius 1 is 1.53 bits per heavy atom. The fourth-order valence-corrected chi connectivity index (χ4v) is 1.64. The summed E-state index contributed by atoms with van der Waals surface area (Å²) in [5.41, 5.74) is -0.227. The lowest BCUT2D eigenvalue weighted by Crippen LogP contribution is -2.16. The Bertz CT molecular complexity index is 396. The molecule has 0 aromatic heterocycles. The number of rotatable bonds is 6. The third kappa shape index (κ3) is 3.69. The molecule has 0 heterocycles. The highest BCUT2D eigenvalue weighted by molar-refractivity contribution is 5.62. The van der Waals surface area contributed by atoms with E-state index in [1.807, 2.05) is 6.92 Å². The molecule has 5 heteroatoms. The predicted octanol–water partition coefficient (Wildman–Crippen LogP) is 3.72. The van der Waals surface area contributed by atoms with Gasteiger partial charge in [0, 0.05) is 12.1 Å². The van der Waals surface area contributed by atoms with E-state index in [1.165, 1.54) is 18.2 Å². The second kappa shape index (κ2) is 6.18. The van der Waals surface area contributed by atoms with E-state index in [0.717, 1.165) is 19.3 Å². The maximum atomic E-state index is 13.5. The summed E-state index contributed by atoms with van der Waals surface area (Å²) >= 11 is 0. The number of nitrogens with one attached hydrogen (secondary N) is 1. The minimum absolute atomic E-state index is 0.0129. The third-order valence-corrected chi connectivity index (χ3v) is 2.57. The molecule has 0 fully saturated rings. The SMILES string of the molecule is CCCCC(C)Nc1c(F)cccc1[N+](=O)[O-]. The molecule has 94 valence electrons. The molecule has 0 aliphatic heterocycles. The van der Waals surface area contributed by atoms with E-state index in [0.29, 0.717) is 0 Å². The topological polar surface area (TPSA) is 55.2 Å². The first-order chi connectivity index (χ1) is 8.06. The zero-order valence-corrected chi connectivity index (χ0v) is 10.1. The zero-order valence-electron chi connectivity index (χ0n) is 10.1. The van der Waals surface area contributed by atoms with Crippen molar-refractivity contribution in [3.8, 4) is 0 Å². The Morgan fingerprint density at radius 2 is 2.24 bits per heavy atom. The summed E-state index contributed by atoms with van der Waals surface area (Å²) in [6.07, 6.45) is 2.92. The second-order valence-electron chi connectivity index (χ2n) is 4.08. The van der Waals surface area contributed by atoms with Crippen molar-refractivity contribution in [1.82, 2.24) is 0 Å². The van der Waals surface area contributed by atoms with Gasteiger partial charge in [-0.1, -0.05) is 25.8 Å². The number of benzene rings is 1. The van der Waals surface area contributed by atoms with Crippen molar-refractivity contribution in [2.45, 2.75) is 39.2 Å². The van der Waals surface area contributed by atoms with Crippen LogP contribution in [0.1, 0.15) is 33.1 Å². The van der Waals surface area contributed by atoms with Crippen LogP contribution in [-0.2, 0) is 0 Å². The summed E-state index contributed by atoms with van der Waals surface area (Å²) in [6.45, 7) is 3.96. The van der Waals surface area contributed by atoms with Gasteiger partial charge >= 0.3 is 0 Å². The van der Waals surface area contributed by atoms with E-state index in [4.69, 9.17) is 0 Å². The molecule has 1 N–H and O–H groups in total. The van der Waals surface area contributed by atoms with E-state index in [2.05, 4.69) is 12.2 Å². The van der Waals surface area contributed by atoms with Crippen molar-refractivity contribution in [2.24, 2.45) is 0 Å². The number of hydrogen-bond donors (Lipinski definition) is 1. The number of nitro benzene ring substituents is 1. The molecule has 0 saturated carbocycles. The predicted molar refractivity (Wildman–Crippen MR) is 65.7 cm³/mol. The summed E-state index contributed by atoms with van der Waals surface area (Å²) in [5, 5.41) is 13.6.